The van der Waals surface area contributed by atoms with Crippen LogP contribution < -0.4 is 9.75 Å². The van der Waals surface area contributed by atoms with Gasteiger partial charge in [0.1, 0.15) is 0 Å². The minimum absolute atomic E-state index is 0.00454. The van der Waals surface area contributed by atoms with Crippen LogP contribution in [0, 0.1) is 0 Å². The Bertz CT molecular complexity index is 962. The number of hydrazone groups is 1. The van der Waals surface area contributed by atoms with Crippen molar-refractivity contribution in [1.29, 1.82) is 0 Å². The Hall–Kier alpha value is -3.61. The lowest BCUT2D eigenvalue weighted by molar-refractivity contribution is -0.114. The molecule has 1 aliphatic rings. The number of methoxy groups -OCH3 is 1. The van der Waals surface area contributed by atoms with Gasteiger partial charge in [-0.15, -0.1) is 0 Å². The number of carbonyl (C=O) groups is 2. The standard InChI is InChI=1S/C19H16N2O5/c1-11-15(8-12-6-7-16(22)17(9-12)26-2)18(23)21(20-11)14-5-3-4-13(10-14)19(24)25/h3-10,22H,1-2H3,(H,24,25)/b15-8+. The quantitative estimate of drug-likeness (QED) is 0.824. The van der Waals surface area contributed by atoms with Crippen molar-refractivity contribution in [3.63, 3.8) is 0 Å². The molecule has 132 valence electrons. The van der Waals surface area contributed by atoms with E-state index in [9.17, 15) is 14.7 Å². The van der Waals surface area contributed by atoms with E-state index >= 15 is 0 Å². The summed E-state index contributed by atoms with van der Waals surface area (Å²) >= 11 is 0. The first-order valence-corrected chi connectivity index (χ1v) is 7.73. The molecule has 7 nitrogen and oxygen atoms in total. The van der Waals surface area contributed by atoms with Gasteiger partial charge in [0.15, 0.2) is 11.5 Å². The number of ether oxygens (including phenoxy) is 1. The van der Waals surface area contributed by atoms with Crippen LogP contribution in [-0.2, 0) is 4.79 Å². The number of benzene rings is 2. The summed E-state index contributed by atoms with van der Waals surface area (Å²) in [5.74, 6) is -1.14. The first kappa shape index (κ1) is 17.2. The number of rotatable bonds is 4. The SMILES string of the molecule is COc1cc(/C=C2/C(=O)N(c3cccc(C(=O)O)c3)N=C2C)ccc1O. The number of aromatic carboxylic acids is 1. The number of carboxylic acids is 1. The van der Waals surface area contributed by atoms with Gasteiger partial charge in [-0.25, -0.2) is 4.79 Å². The topological polar surface area (TPSA) is 99.4 Å². The Morgan fingerprint density at radius 1 is 1.23 bits per heavy atom. The maximum Gasteiger partial charge on any atom is 0.335 e. The fraction of sp³-hybridized carbons (Fsp3) is 0.105. The zero-order valence-corrected chi connectivity index (χ0v) is 14.1. The van der Waals surface area contributed by atoms with Crippen molar-refractivity contribution in [2.45, 2.75) is 6.92 Å². The Kier molecular flexibility index (Phi) is 4.45. The van der Waals surface area contributed by atoms with Crippen molar-refractivity contribution in [2.75, 3.05) is 12.1 Å². The summed E-state index contributed by atoms with van der Waals surface area (Å²) in [5.41, 5.74) is 1.99. The fourth-order valence-corrected chi connectivity index (χ4v) is 2.58. The van der Waals surface area contributed by atoms with Gasteiger partial charge in [0.25, 0.3) is 5.91 Å². The van der Waals surface area contributed by atoms with E-state index in [1.165, 1.54) is 30.3 Å². The summed E-state index contributed by atoms with van der Waals surface area (Å²) in [6, 6.07) is 10.8. The van der Waals surface area contributed by atoms with E-state index in [0.29, 0.717) is 28.3 Å². The van der Waals surface area contributed by atoms with Crippen LogP contribution in [0.5, 0.6) is 11.5 Å². The number of phenols is 1. The molecule has 0 bridgehead atoms. The molecular formula is C19H16N2O5. The Morgan fingerprint density at radius 3 is 2.69 bits per heavy atom. The molecule has 7 heteroatoms. The highest BCUT2D eigenvalue weighted by Crippen LogP contribution is 2.29. The lowest BCUT2D eigenvalue weighted by Gasteiger charge is -2.12. The smallest absolute Gasteiger partial charge is 0.335 e. The molecule has 2 N–H and O–H groups in total. The van der Waals surface area contributed by atoms with Crippen molar-refractivity contribution in [1.82, 2.24) is 0 Å². The van der Waals surface area contributed by atoms with Gasteiger partial charge in [0.05, 0.1) is 29.6 Å². The van der Waals surface area contributed by atoms with E-state index in [2.05, 4.69) is 5.10 Å². The van der Waals surface area contributed by atoms with Crippen LogP contribution in [0.3, 0.4) is 0 Å². The van der Waals surface area contributed by atoms with Crippen molar-refractivity contribution >= 4 is 29.4 Å². The van der Waals surface area contributed by atoms with Crippen molar-refractivity contribution in [2.24, 2.45) is 5.10 Å². The third-order valence-electron chi connectivity index (χ3n) is 3.92. The van der Waals surface area contributed by atoms with Crippen molar-refractivity contribution in [3.05, 3.63) is 59.2 Å². The highest BCUT2D eigenvalue weighted by molar-refractivity contribution is 6.32. The maximum absolute atomic E-state index is 12.7. The minimum atomic E-state index is -1.08. The molecule has 0 spiro atoms. The van der Waals surface area contributed by atoms with Crippen LogP contribution >= 0.6 is 0 Å². The summed E-state index contributed by atoms with van der Waals surface area (Å²) in [6.07, 6.45) is 1.64. The zero-order chi connectivity index (χ0) is 18.8. The summed E-state index contributed by atoms with van der Waals surface area (Å²) < 4.78 is 5.07. The molecule has 2 aromatic carbocycles. The highest BCUT2D eigenvalue weighted by Gasteiger charge is 2.29. The molecule has 1 heterocycles. The Balaban J connectivity index is 1.95. The number of nitrogens with zero attached hydrogens (tertiary/aromatic N) is 2. The van der Waals surface area contributed by atoms with E-state index in [1.807, 2.05) is 0 Å². The summed E-state index contributed by atoms with van der Waals surface area (Å²) in [7, 11) is 1.44. The van der Waals surface area contributed by atoms with Gasteiger partial charge in [0.2, 0.25) is 0 Å². The number of carboxylic acid groups (broad SMARTS) is 1. The lowest BCUT2D eigenvalue weighted by Crippen LogP contribution is -2.21. The van der Waals surface area contributed by atoms with Crippen LogP contribution in [0.1, 0.15) is 22.8 Å². The van der Waals surface area contributed by atoms with Crippen LogP contribution in [-0.4, -0.2) is 34.9 Å². The van der Waals surface area contributed by atoms with E-state index in [1.54, 1.807) is 37.3 Å². The molecule has 0 unspecified atom stereocenters. The molecule has 1 aliphatic heterocycles. The second-order valence-electron chi connectivity index (χ2n) is 5.65. The first-order valence-electron chi connectivity index (χ1n) is 7.73. The third kappa shape index (κ3) is 3.14. The molecule has 26 heavy (non-hydrogen) atoms. The number of anilines is 1. The third-order valence-corrected chi connectivity index (χ3v) is 3.92. The number of amides is 1. The number of hydrogen-bond donors (Lipinski definition) is 2. The maximum atomic E-state index is 12.7. The first-order chi connectivity index (χ1) is 12.4. The molecule has 0 saturated heterocycles. The summed E-state index contributed by atoms with van der Waals surface area (Å²) in [4.78, 5) is 23.9. The summed E-state index contributed by atoms with van der Waals surface area (Å²) in [5, 5.41) is 24.2. The van der Waals surface area contributed by atoms with Crippen LogP contribution in [0.15, 0.2) is 53.1 Å². The van der Waals surface area contributed by atoms with Gasteiger partial charge < -0.3 is 14.9 Å². The molecule has 3 rings (SSSR count). The van der Waals surface area contributed by atoms with Gasteiger partial charge in [-0.2, -0.15) is 10.1 Å². The number of phenolic OH excluding ortho intramolecular Hbond substituents is 1. The van der Waals surface area contributed by atoms with Crippen molar-refractivity contribution < 1.29 is 24.5 Å². The molecule has 0 radical (unpaired) electrons. The van der Waals surface area contributed by atoms with Crippen LogP contribution in [0.25, 0.3) is 6.08 Å². The van der Waals surface area contributed by atoms with Crippen molar-refractivity contribution in [3.8, 4) is 11.5 Å². The predicted molar refractivity (Wildman–Crippen MR) is 96.6 cm³/mol. The average molecular weight is 352 g/mol. The molecular weight excluding hydrogens is 336 g/mol. The van der Waals surface area contributed by atoms with Gasteiger partial charge in [-0.05, 0) is 48.9 Å². The van der Waals surface area contributed by atoms with Gasteiger partial charge >= 0.3 is 5.97 Å². The van der Waals surface area contributed by atoms with E-state index in [4.69, 9.17) is 9.84 Å². The van der Waals surface area contributed by atoms with Crippen LogP contribution in [0.2, 0.25) is 0 Å². The fourth-order valence-electron chi connectivity index (χ4n) is 2.58. The lowest BCUT2D eigenvalue weighted by atomic mass is 10.1. The van der Waals surface area contributed by atoms with E-state index < -0.39 is 5.97 Å². The monoisotopic (exact) mass is 352 g/mol. The highest BCUT2D eigenvalue weighted by atomic mass is 16.5. The molecule has 0 aliphatic carbocycles. The second kappa shape index (κ2) is 6.72. The largest absolute Gasteiger partial charge is 0.504 e. The molecule has 2 aromatic rings. The van der Waals surface area contributed by atoms with Crippen LogP contribution in [0.4, 0.5) is 5.69 Å². The molecule has 0 aromatic heterocycles. The molecule has 0 fully saturated rings. The van der Waals surface area contributed by atoms with E-state index in [-0.39, 0.29) is 17.2 Å². The Labute approximate surface area is 149 Å². The number of carbonyl (C=O) groups excluding carboxylic acids is 1. The van der Waals surface area contributed by atoms with Gasteiger partial charge in [-0.3, -0.25) is 4.79 Å². The number of hydrogen-bond acceptors (Lipinski definition) is 5. The zero-order valence-electron chi connectivity index (χ0n) is 14.1. The average Bonchev–Trinajstić information content (AvgIpc) is 2.91. The molecule has 0 saturated carbocycles. The number of aromatic hydroxyl groups is 1. The van der Waals surface area contributed by atoms with Gasteiger partial charge in [0, 0.05) is 0 Å². The van der Waals surface area contributed by atoms with Gasteiger partial charge in [-0.1, -0.05) is 12.1 Å². The molecule has 0 atom stereocenters. The molecule has 1 amide bonds. The summed E-state index contributed by atoms with van der Waals surface area (Å²) in [6.45, 7) is 1.70. The Morgan fingerprint density at radius 2 is 2.00 bits per heavy atom. The predicted octanol–water partition coefficient (Wildman–Crippen LogP) is 2.91. The minimum Gasteiger partial charge on any atom is -0.504 e. The van der Waals surface area contributed by atoms with E-state index in [0.717, 1.165) is 0 Å². The normalized spacial score (nSPS) is 15.3. The second-order valence-corrected chi connectivity index (χ2v) is 5.65.